The summed E-state index contributed by atoms with van der Waals surface area (Å²) in [5, 5.41) is 11.6. The van der Waals surface area contributed by atoms with E-state index in [4.69, 9.17) is 9.84 Å². The van der Waals surface area contributed by atoms with Crippen molar-refractivity contribution >= 4 is 23.6 Å². The first-order chi connectivity index (χ1) is 9.48. The van der Waals surface area contributed by atoms with Gasteiger partial charge in [0.1, 0.15) is 0 Å². The van der Waals surface area contributed by atoms with E-state index < -0.39 is 11.5 Å². The molecule has 1 aromatic carbocycles. The Kier molecular flexibility index (Phi) is 6.54. The fraction of sp³-hybridized carbons (Fsp3) is 0.429. The van der Waals surface area contributed by atoms with Gasteiger partial charge in [0.25, 0.3) is 0 Å². The monoisotopic (exact) mass is 297 g/mol. The molecule has 1 aromatic rings. The van der Waals surface area contributed by atoms with Crippen LogP contribution in [0, 0.1) is 0 Å². The van der Waals surface area contributed by atoms with Crippen molar-refractivity contribution < 1.29 is 19.4 Å². The largest absolute Gasteiger partial charge is 0.479 e. The average molecular weight is 297 g/mol. The van der Waals surface area contributed by atoms with Gasteiger partial charge in [0, 0.05) is 24.2 Å². The highest BCUT2D eigenvalue weighted by molar-refractivity contribution is 7.99. The summed E-state index contributed by atoms with van der Waals surface area (Å²) in [6.45, 7) is 1.36. The van der Waals surface area contributed by atoms with Crippen molar-refractivity contribution in [2.45, 2.75) is 23.8 Å². The van der Waals surface area contributed by atoms with E-state index in [9.17, 15) is 9.59 Å². The zero-order valence-electron chi connectivity index (χ0n) is 11.6. The first-order valence-corrected chi connectivity index (χ1v) is 7.17. The highest BCUT2D eigenvalue weighted by atomic mass is 32.2. The van der Waals surface area contributed by atoms with Crippen molar-refractivity contribution in [3.05, 3.63) is 30.3 Å². The number of ether oxygens (including phenoxy) is 1. The summed E-state index contributed by atoms with van der Waals surface area (Å²) < 4.78 is 4.84. The lowest BCUT2D eigenvalue weighted by molar-refractivity contribution is -0.149. The van der Waals surface area contributed by atoms with E-state index in [2.05, 4.69) is 5.32 Å². The lowest BCUT2D eigenvalue weighted by atomic mass is 10.0. The lowest BCUT2D eigenvalue weighted by Gasteiger charge is -2.25. The molecule has 1 atom stereocenters. The Labute approximate surface area is 122 Å². The van der Waals surface area contributed by atoms with E-state index in [1.165, 1.54) is 14.0 Å². The second kappa shape index (κ2) is 7.91. The molecule has 110 valence electrons. The Morgan fingerprint density at radius 3 is 2.55 bits per heavy atom. The number of methoxy groups -OCH3 is 1. The summed E-state index contributed by atoms with van der Waals surface area (Å²) in [6, 6.07) is 9.73. The van der Waals surface area contributed by atoms with Crippen LogP contribution in [0.3, 0.4) is 0 Å². The van der Waals surface area contributed by atoms with Crippen LogP contribution < -0.4 is 5.32 Å². The average Bonchev–Trinajstić information content (AvgIpc) is 2.40. The third kappa shape index (κ3) is 5.22. The van der Waals surface area contributed by atoms with Gasteiger partial charge < -0.3 is 15.2 Å². The van der Waals surface area contributed by atoms with Crippen molar-refractivity contribution in [1.82, 2.24) is 5.32 Å². The second-order valence-corrected chi connectivity index (χ2v) is 5.70. The Hall–Kier alpha value is -1.53. The summed E-state index contributed by atoms with van der Waals surface area (Å²) in [5.74, 6) is -0.808. The number of hydrogen-bond acceptors (Lipinski definition) is 4. The molecule has 0 saturated carbocycles. The quantitative estimate of drug-likeness (QED) is 0.715. The van der Waals surface area contributed by atoms with Gasteiger partial charge >= 0.3 is 5.97 Å². The lowest BCUT2D eigenvalue weighted by Crippen LogP contribution is -2.55. The van der Waals surface area contributed by atoms with E-state index in [0.717, 1.165) is 4.90 Å². The number of aliphatic carboxylic acids is 1. The molecule has 0 aliphatic heterocycles. The SMILES string of the molecule is COCC(C)(NC(=O)CCSc1ccccc1)C(=O)O. The molecule has 2 N–H and O–H groups in total. The fourth-order valence-electron chi connectivity index (χ4n) is 1.59. The van der Waals surface area contributed by atoms with E-state index in [1.807, 2.05) is 30.3 Å². The summed E-state index contributed by atoms with van der Waals surface area (Å²) in [7, 11) is 1.40. The first kappa shape index (κ1) is 16.5. The molecule has 0 saturated heterocycles. The third-order valence-corrected chi connectivity index (χ3v) is 3.68. The van der Waals surface area contributed by atoms with Gasteiger partial charge in [0.2, 0.25) is 5.91 Å². The number of rotatable bonds is 8. The minimum absolute atomic E-state index is 0.0695. The van der Waals surface area contributed by atoms with Crippen LogP contribution in [0.2, 0.25) is 0 Å². The number of carbonyl (C=O) groups excluding carboxylic acids is 1. The van der Waals surface area contributed by atoms with E-state index in [1.54, 1.807) is 11.8 Å². The topological polar surface area (TPSA) is 75.6 Å². The molecule has 1 rings (SSSR count). The molecule has 1 amide bonds. The normalized spacial score (nSPS) is 13.5. The number of benzene rings is 1. The smallest absolute Gasteiger partial charge is 0.331 e. The zero-order valence-corrected chi connectivity index (χ0v) is 12.4. The molecule has 0 radical (unpaired) electrons. The summed E-state index contributed by atoms with van der Waals surface area (Å²) in [4.78, 5) is 24.0. The van der Waals surface area contributed by atoms with Gasteiger partial charge in [-0.2, -0.15) is 0 Å². The molecular weight excluding hydrogens is 278 g/mol. The van der Waals surface area contributed by atoms with Gasteiger partial charge in [-0.05, 0) is 19.1 Å². The van der Waals surface area contributed by atoms with E-state index in [0.29, 0.717) is 5.75 Å². The maximum atomic E-state index is 11.8. The fourth-order valence-corrected chi connectivity index (χ4v) is 2.46. The predicted octanol–water partition coefficient (Wildman–Crippen LogP) is 1.77. The second-order valence-electron chi connectivity index (χ2n) is 4.53. The Morgan fingerprint density at radius 1 is 1.35 bits per heavy atom. The number of nitrogens with one attached hydrogen (secondary N) is 1. The molecule has 5 nitrogen and oxygen atoms in total. The first-order valence-electron chi connectivity index (χ1n) is 6.19. The van der Waals surface area contributed by atoms with Crippen LogP contribution in [0.1, 0.15) is 13.3 Å². The van der Waals surface area contributed by atoms with Crippen LogP contribution in [-0.2, 0) is 14.3 Å². The van der Waals surface area contributed by atoms with Gasteiger partial charge in [-0.3, -0.25) is 4.79 Å². The zero-order chi connectivity index (χ0) is 15.0. The number of amides is 1. The van der Waals surface area contributed by atoms with Crippen LogP contribution in [0.4, 0.5) is 0 Å². The van der Waals surface area contributed by atoms with Crippen molar-refractivity contribution in [2.24, 2.45) is 0 Å². The minimum Gasteiger partial charge on any atom is -0.479 e. The van der Waals surface area contributed by atoms with Crippen LogP contribution in [0.15, 0.2) is 35.2 Å². The van der Waals surface area contributed by atoms with Crippen molar-refractivity contribution in [1.29, 1.82) is 0 Å². The maximum absolute atomic E-state index is 11.8. The summed E-state index contributed by atoms with van der Waals surface area (Å²) in [6.07, 6.45) is 0.256. The molecule has 0 heterocycles. The number of carboxylic acid groups (broad SMARTS) is 1. The summed E-state index contributed by atoms with van der Waals surface area (Å²) in [5.41, 5.74) is -1.39. The van der Waals surface area contributed by atoms with Gasteiger partial charge in [-0.25, -0.2) is 4.79 Å². The highest BCUT2D eigenvalue weighted by Gasteiger charge is 2.34. The Bertz CT molecular complexity index is 452. The molecule has 20 heavy (non-hydrogen) atoms. The number of carboxylic acids is 1. The van der Waals surface area contributed by atoms with Crippen LogP contribution in [0.5, 0.6) is 0 Å². The predicted molar refractivity (Wildman–Crippen MR) is 77.8 cm³/mol. The maximum Gasteiger partial charge on any atom is 0.331 e. The molecular formula is C14H19NO4S. The highest BCUT2D eigenvalue weighted by Crippen LogP contribution is 2.17. The number of hydrogen-bond donors (Lipinski definition) is 2. The molecule has 0 spiro atoms. The van der Waals surface area contributed by atoms with Gasteiger partial charge in [0.15, 0.2) is 5.54 Å². The summed E-state index contributed by atoms with van der Waals surface area (Å²) >= 11 is 1.56. The Balaban J connectivity index is 2.41. The molecule has 0 aliphatic rings. The molecule has 1 unspecified atom stereocenters. The molecule has 0 aromatic heterocycles. The molecule has 0 fully saturated rings. The van der Waals surface area contributed by atoms with Crippen molar-refractivity contribution in [2.75, 3.05) is 19.5 Å². The van der Waals surface area contributed by atoms with Crippen molar-refractivity contribution in [3.63, 3.8) is 0 Å². The van der Waals surface area contributed by atoms with Gasteiger partial charge in [0.05, 0.1) is 6.61 Å². The molecule has 6 heteroatoms. The molecule has 0 bridgehead atoms. The van der Waals surface area contributed by atoms with Gasteiger partial charge in [-0.1, -0.05) is 18.2 Å². The van der Waals surface area contributed by atoms with Crippen LogP contribution in [0.25, 0.3) is 0 Å². The van der Waals surface area contributed by atoms with E-state index in [-0.39, 0.29) is 18.9 Å². The Morgan fingerprint density at radius 2 is 2.00 bits per heavy atom. The van der Waals surface area contributed by atoms with Crippen LogP contribution >= 0.6 is 11.8 Å². The standard InChI is InChI=1S/C14H19NO4S/c1-14(10-19-2,13(17)18)15-12(16)8-9-20-11-6-4-3-5-7-11/h3-7H,8-10H2,1-2H3,(H,15,16)(H,17,18). The van der Waals surface area contributed by atoms with E-state index >= 15 is 0 Å². The molecule has 0 aliphatic carbocycles. The van der Waals surface area contributed by atoms with Crippen LogP contribution in [-0.4, -0.2) is 42.0 Å². The van der Waals surface area contributed by atoms with Gasteiger partial charge in [-0.15, -0.1) is 11.8 Å². The third-order valence-electron chi connectivity index (χ3n) is 2.66. The number of carbonyl (C=O) groups is 2. The minimum atomic E-state index is -1.39. The number of thioether (sulfide) groups is 1. The van der Waals surface area contributed by atoms with Crippen molar-refractivity contribution in [3.8, 4) is 0 Å².